The molecule has 2 heteroatoms. The fraction of sp³-hybridized carbons (Fsp3) is 0.609. The van der Waals surface area contributed by atoms with Crippen molar-refractivity contribution in [2.24, 2.45) is 4.99 Å². The predicted octanol–water partition coefficient (Wildman–Crippen LogP) is 6.83. The molecule has 0 radical (unpaired) electrons. The van der Waals surface area contributed by atoms with Gasteiger partial charge in [-0.25, -0.2) is 4.99 Å². The molecule has 0 bridgehead atoms. The highest BCUT2D eigenvalue weighted by atomic mass is 16.5. The monoisotopic (exact) mass is 343 g/mol. The van der Waals surface area contributed by atoms with Gasteiger partial charge in [0.1, 0.15) is 6.61 Å². The quantitative estimate of drug-likeness (QED) is 0.335. The Kier molecular flexibility index (Phi) is 6.32. The first-order valence-electron chi connectivity index (χ1n) is 9.16. The Bertz CT molecular complexity index is 611. The smallest absolute Gasteiger partial charge is 0.185 e. The van der Waals surface area contributed by atoms with Crippen molar-refractivity contribution in [2.45, 2.75) is 85.5 Å². The molecule has 1 aromatic carbocycles. The highest BCUT2D eigenvalue weighted by Gasteiger charge is 2.29. The van der Waals surface area contributed by atoms with Crippen molar-refractivity contribution in [1.82, 2.24) is 0 Å². The predicted molar refractivity (Wildman–Crippen MR) is 111 cm³/mol. The fourth-order valence-electron chi connectivity index (χ4n) is 2.70. The standard InChI is InChI=1S/C23H37NO/c1-12-13-25-16(2)24-20-18(22(6,7)8)14-17(21(3,4)5)15-19(20)23(9,10)11/h12,14-15H,1,13H2,2-11H3. The number of rotatable bonds is 3. The van der Waals surface area contributed by atoms with E-state index in [9.17, 15) is 0 Å². The van der Waals surface area contributed by atoms with Crippen LogP contribution in [0.25, 0.3) is 0 Å². The first kappa shape index (κ1) is 21.5. The van der Waals surface area contributed by atoms with E-state index in [4.69, 9.17) is 9.73 Å². The topological polar surface area (TPSA) is 21.6 Å². The van der Waals surface area contributed by atoms with E-state index in [1.807, 2.05) is 6.92 Å². The molecule has 0 saturated heterocycles. The van der Waals surface area contributed by atoms with Gasteiger partial charge in [-0.1, -0.05) is 87.1 Å². The van der Waals surface area contributed by atoms with Crippen molar-refractivity contribution in [3.63, 3.8) is 0 Å². The van der Waals surface area contributed by atoms with Crippen LogP contribution in [0, 0.1) is 0 Å². The average molecular weight is 344 g/mol. The summed E-state index contributed by atoms with van der Waals surface area (Å²) < 4.78 is 5.66. The van der Waals surface area contributed by atoms with Crippen molar-refractivity contribution in [2.75, 3.05) is 6.61 Å². The van der Waals surface area contributed by atoms with Crippen molar-refractivity contribution in [1.29, 1.82) is 0 Å². The van der Waals surface area contributed by atoms with Crippen LogP contribution < -0.4 is 0 Å². The van der Waals surface area contributed by atoms with Gasteiger partial charge in [-0.15, -0.1) is 0 Å². The minimum atomic E-state index is -0.00118. The highest BCUT2D eigenvalue weighted by molar-refractivity contribution is 5.79. The summed E-state index contributed by atoms with van der Waals surface area (Å²) in [5, 5.41) is 0. The third kappa shape index (κ3) is 5.73. The average Bonchev–Trinajstić information content (AvgIpc) is 2.41. The van der Waals surface area contributed by atoms with Gasteiger partial charge in [-0.3, -0.25) is 0 Å². The second-order valence-electron chi connectivity index (χ2n) is 9.90. The van der Waals surface area contributed by atoms with E-state index in [-0.39, 0.29) is 16.2 Å². The lowest BCUT2D eigenvalue weighted by Crippen LogP contribution is -2.21. The van der Waals surface area contributed by atoms with Gasteiger partial charge in [0, 0.05) is 6.92 Å². The SMILES string of the molecule is C=CCOC(C)=Nc1c(C(C)(C)C)cc(C(C)(C)C)cc1C(C)(C)C. The Morgan fingerprint density at radius 2 is 1.36 bits per heavy atom. The summed E-state index contributed by atoms with van der Waals surface area (Å²) in [6.45, 7) is 26.4. The normalized spacial score (nSPS) is 13.8. The van der Waals surface area contributed by atoms with Crippen LogP contribution in [0.15, 0.2) is 29.8 Å². The molecule has 0 aliphatic rings. The zero-order chi connectivity index (χ0) is 19.6. The number of nitrogens with zero attached hydrogens (tertiary/aromatic N) is 1. The van der Waals surface area contributed by atoms with Gasteiger partial charge in [-0.05, 0) is 32.9 Å². The van der Waals surface area contributed by atoms with Gasteiger partial charge in [0.15, 0.2) is 5.90 Å². The Morgan fingerprint density at radius 3 is 1.68 bits per heavy atom. The van der Waals surface area contributed by atoms with Crippen molar-refractivity contribution < 1.29 is 4.74 Å². The van der Waals surface area contributed by atoms with Crippen molar-refractivity contribution in [3.8, 4) is 0 Å². The van der Waals surface area contributed by atoms with Crippen LogP contribution in [-0.4, -0.2) is 12.5 Å². The lowest BCUT2D eigenvalue weighted by molar-refractivity contribution is 0.348. The summed E-state index contributed by atoms with van der Waals surface area (Å²) in [5.41, 5.74) is 5.03. The largest absolute Gasteiger partial charge is 0.477 e. The summed E-state index contributed by atoms with van der Waals surface area (Å²) in [4.78, 5) is 4.90. The molecule has 1 aromatic rings. The molecular weight excluding hydrogens is 306 g/mol. The first-order chi connectivity index (χ1) is 11.2. The molecule has 0 heterocycles. The van der Waals surface area contributed by atoms with Gasteiger partial charge in [0.2, 0.25) is 0 Å². The zero-order valence-corrected chi connectivity index (χ0v) is 18.0. The van der Waals surface area contributed by atoms with Crippen LogP contribution in [0.1, 0.15) is 85.9 Å². The molecule has 0 aliphatic heterocycles. The van der Waals surface area contributed by atoms with Gasteiger partial charge < -0.3 is 4.74 Å². The van der Waals surface area contributed by atoms with E-state index < -0.39 is 0 Å². The lowest BCUT2D eigenvalue weighted by Gasteiger charge is -2.32. The van der Waals surface area contributed by atoms with E-state index in [0.717, 1.165) is 5.69 Å². The molecule has 0 N–H and O–H groups in total. The Morgan fingerprint density at radius 1 is 0.920 bits per heavy atom. The van der Waals surface area contributed by atoms with E-state index in [1.54, 1.807) is 6.08 Å². The fourth-order valence-corrected chi connectivity index (χ4v) is 2.70. The zero-order valence-electron chi connectivity index (χ0n) is 18.0. The Balaban J connectivity index is 3.79. The molecule has 2 nitrogen and oxygen atoms in total. The maximum atomic E-state index is 5.66. The van der Waals surface area contributed by atoms with E-state index in [1.165, 1.54) is 16.7 Å². The molecule has 0 amide bonds. The van der Waals surface area contributed by atoms with Gasteiger partial charge in [0.05, 0.1) is 5.69 Å². The first-order valence-corrected chi connectivity index (χ1v) is 9.16. The minimum absolute atomic E-state index is 0.00118. The molecule has 25 heavy (non-hydrogen) atoms. The lowest BCUT2D eigenvalue weighted by atomic mass is 9.74. The molecular formula is C23H37NO. The Labute approximate surface area is 155 Å². The van der Waals surface area contributed by atoms with E-state index in [2.05, 4.69) is 81.0 Å². The molecule has 0 aliphatic carbocycles. The molecule has 0 saturated carbocycles. The van der Waals surface area contributed by atoms with Gasteiger partial charge in [-0.2, -0.15) is 0 Å². The molecule has 0 aromatic heterocycles. The summed E-state index contributed by atoms with van der Waals surface area (Å²) in [6.07, 6.45) is 1.75. The Hall–Kier alpha value is -1.57. The van der Waals surface area contributed by atoms with Crippen LogP contribution in [0.5, 0.6) is 0 Å². The summed E-state index contributed by atoms with van der Waals surface area (Å²) in [5.74, 6) is 0.680. The summed E-state index contributed by atoms with van der Waals surface area (Å²) >= 11 is 0. The third-order valence-electron chi connectivity index (χ3n) is 4.27. The maximum Gasteiger partial charge on any atom is 0.185 e. The molecule has 0 spiro atoms. The number of benzene rings is 1. The number of aliphatic imine (C=N–C) groups is 1. The van der Waals surface area contributed by atoms with Crippen LogP contribution in [0.4, 0.5) is 5.69 Å². The van der Waals surface area contributed by atoms with Crippen LogP contribution in [0.2, 0.25) is 0 Å². The van der Waals surface area contributed by atoms with E-state index >= 15 is 0 Å². The van der Waals surface area contributed by atoms with Crippen molar-refractivity contribution in [3.05, 3.63) is 41.5 Å². The summed E-state index contributed by atoms with van der Waals surface area (Å²) in [7, 11) is 0. The van der Waals surface area contributed by atoms with Crippen LogP contribution >= 0.6 is 0 Å². The molecule has 1 rings (SSSR count). The highest BCUT2D eigenvalue weighted by Crippen LogP contribution is 2.43. The number of ether oxygens (including phenoxy) is 1. The minimum Gasteiger partial charge on any atom is -0.477 e. The molecule has 0 unspecified atom stereocenters. The second kappa shape index (κ2) is 7.35. The molecule has 0 fully saturated rings. The van der Waals surface area contributed by atoms with Gasteiger partial charge >= 0.3 is 0 Å². The molecule has 140 valence electrons. The van der Waals surface area contributed by atoms with Crippen LogP contribution in [0.3, 0.4) is 0 Å². The van der Waals surface area contributed by atoms with E-state index in [0.29, 0.717) is 12.5 Å². The number of hydrogen-bond acceptors (Lipinski definition) is 2. The van der Waals surface area contributed by atoms with Crippen LogP contribution in [-0.2, 0) is 21.0 Å². The molecule has 0 atom stereocenters. The van der Waals surface area contributed by atoms with Gasteiger partial charge in [0.25, 0.3) is 0 Å². The number of hydrogen-bond donors (Lipinski definition) is 0. The summed E-state index contributed by atoms with van der Waals surface area (Å²) in [6, 6.07) is 4.66. The van der Waals surface area contributed by atoms with Crippen molar-refractivity contribution >= 4 is 11.6 Å². The second-order valence-corrected chi connectivity index (χ2v) is 9.90. The third-order valence-corrected chi connectivity index (χ3v) is 4.27. The maximum absolute atomic E-state index is 5.66.